The van der Waals surface area contributed by atoms with E-state index in [1.165, 1.54) is 30.8 Å². The lowest BCUT2D eigenvalue weighted by Gasteiger charge is -2.13. The van der Waals surface area contributed by atoms with Gasteiger partial charge in [0.15, 0.2) is 6.10 Å². The van der Waals surface area contributed by atoms with E-state index >= 15 is 0 Å². The summed E-state index contributed by atoms with van der Waals surface area (Å²) in [5.41, 5.74) is -0.0562. The molecule has 0 heterocycles. The Kier molecular flexibility index (Phi) is 7.02. The van der Waals surface area contributed by atoms with Gasteiger partial charge in [-0.25, -0.2) is 4.79 Å². The molecular weight excluding hydrogens is 356 g/mol. The number of nitrogens with zero attached hydrogens (tertiary/aromatic N) is 1. The molecule has 1 N–H and O–H groups in total. The van der Waals surface area contributed by atoms with Gasteiger partial charge in [0.25, 0.3) is 11.6 Å². The highest BCUT2D eigenvalue weighted by atomic mass is 32.2. The van der Waals surface area contributed by atoms with E-state index in [2.05, 4.69) is 19.2 Å². The molecule has 7 nitrogen and oxygen atoms in total. The molecule has 0 spiro atoms. The van der Waals surface area contributed by atoms with Crippen LogP contribution in [-0.2, 0) is 9.53 Å². The third-order valence-corrected chi connectivity index (χ3v) is 5.02. The summed E-state index contributed by atoms with van der Waals surface area (Å²) in [6.45, 7) is 5.67. The number of esters is 1. The maximum absolute atomic E-state index is 12.2. The van der Waals surface area contributed by atoms with Crippen molar-refractivity contribution in [2.75, 3.05) is 5.75 Å². The first kappa shape index (κ1) is 20.2. The summed E-state index contributed by atoms with van der Waals surface area (Å²) >= 11 is 1.40. The molecule has 0 aromatic heterocycles. The molecule has 1 aromatic rings. The van der Waals surface area contributed by atoms with Gasteiger partial charge in [-0.05, 0) is 50.0 Å². The average Bonchev–Trinajstić information content (AvgIpc) is 3.38. The zero-order valence-electron chi connectivity index (χ0n) is 15.2. The number of rotatable bonds is 9. The van der Waals surface area contributed by atoms with Crippen LogP contribution in [0.4, 0.5) is 5.69 Å². The molecule has 1 aromatic carbocycles. The number of benzene rings is 1. The summed E-state index contributed by atoms with van der Waals surface area (Å²) in [6, 6.07) is 4.45. The van der Waals surface area contributed by atoms with Gasteiger partial charge in [-0.1, -0.05) is 13.8 Å². The molecule has 26 heavy (non-hydrogen) atoms. The first-order chi connectivity index (χ1) is 12.3. The molecule has 0 bridgehead atoms. The monoisotopic (exact) mass is 380 g/mol. The van der Waals surface area contributed by atoms with Crippen molar-refractivity contribution in [3.8, 4) is 0 Å². The first-order valence-corrected chi connectivity index (χ1v) is 9.69. The Bertz CT molecular complexity index is 688. The summed E-state index contributed by atoms with van der Waals surface area (Å²) in [7, 11) is 0. The van der Waals surface area contributed by atoms with Crippen LogP contribution in [0, 0.1) is 16.0 Å². The van der Waals surface area contributed by atoms with Gasteiger partial charge in [0.05, 0.1) is 15.4 Å². The number of nitrogens with one attached hydrogen (secondary N) is 1. The summed E-state index contributed by atoms with van der Waals surface area (Å²) in [6.07, 6.45) is 1.88. The van der Waals surface area contributed by atoms with Crippen LogP contribution < -0.4 is 5.32 Å². The summed E-state index contributed by atoms with van der Waals surface area (Å²) < 4.78 is 5.13. The van der Waals surface area contributed by atoms with Gasteiger partial charge in [0.2, 0.25) is 0 Å². The second-order valence-corrected chi connectivity index (χ2v) is 7.94. The van der Waals surface area contributed by atoms with Crippen LogP contribution in [0.1, 0.15) is 50.4 Å². The maximum Gasteiger partial charge on any atom is 0.339 e. The van der Waals surface area contributed by atoms with Gasteiger partial charge in [-0.3, -0.25) is 14.9 Å². The molecule has 2 rings (SSSR count). The highest BCUT2D eigenvalue weighted by molar-refractivity contribution is 7.99. The molecule has 142 valence electrons. The lowest BCUT2D eigenvalue weighted by atomic mass is 10.2. The SMILES string of the molecule is CC(C)CCSc1ccc(C(=O)O[C@@H](C)C(=O)NC2CC2)cc1[N+](=O)[O-]. The molecule has 0 unspecified atom stereocenters. The highest BCUT2D eigenvalue weighted by Gasteiger charge is 2.28. The van der Waals surface area contributed by atoms with Crippen LogP contribution in [0.2, 0.25) is 0 Å². The van der Waals surface area contributed by atoms with Crippen molar-refractivity contribution in [1.82, 2.24) is 5.32 Å². The lowest BCUT2D eigenvalue weighted by Crippen LogP contribution is -2.37. The fraction of sp³-hybridized carbons (Fsp3) is 0.556. The minimum absolute atomic E-state index is 0.0657. The van der Waals surface area contributed by atoms with Gasteiger partial charge >= 0.3 is 5.97 Å². The van der Waals surface area contributed by atoms with Crippen molar-refractivity contribution in [2.45, 2.75) is 57.1 Å². The van der Waals surface area contributed by atoms with Gasteiger partial charge in [-0.15, -0.1) is 11.8 Å². The van der Waals surface area contributed by atoms with Gasteiger partial charge in [0.1, 0.15) is 0 Å². The van der Waals surface area contributed by atoms with E-state index in [0.29, 0.717) is 10.8 Å². The number of hydrogen-bond donors (Lipinski definition) is 1. The number of amides is 1. The van der Waals surface area contributed by atoms with E-state index in [1.54, 1.807) is 6.07 Å². The van der Waals surface area contributed by atoms with E-state index in [1.807, 2.05) is 0 Å². The highest BCUT2D eigenvalue weighted by Crippen LogP contribution is 2.31. The second kappa shape index (κ2) is 9.02. The normalized spacial score (nSPS) is 14.8. The predicted molar refractivity (Wildman–Crippen MR) is 99.3 cm³/mol. The summed E-state index contributed by atoms with van der Waals surface area (Å²) in [5, 5.41) is 14.1. The van der Waals surface area contributed by atoms with Crippen LogP contribution in [0.25, 0.3) is 0 Å². The van der Waals surface area contributed by atoms with E-state index in [-0.39, 0.29) is 23.2 Å². The molecule has 8 heteroatoms. The molecule has 1 aliphatic carbocycles. The maximum atomic E-state index is 12.2. The van der Waals surface area contributed by atoms with Crippen LogP contribution >= 0.6 is 11.8 Å². The fourth-order valence-corrected chi connectivity index (χ4v) is 3.40. The molecule has 1 amide bonds. The van der Waals surface area contributed by atoms with Crippen molar-refractivity contribution in [2.24, 2.45) is 5.92 Å². The Balaban J connectivity index is 2.03. The van der Waals surface area contributed by atoms with Crippen molar-refractivity contribution in [3.63, 3.8) is 0 Å². The zero-order valence-corrected chi connectivity index (χ0v) is 16.0. The van der Waals surface area contributed by atoms with Crippen molar-refractivity contribution in [3.05, 3.63) is 33.9 Å². The molecule has 1 fully saturated rings. The first-order valence-electron chi connectivity index (χ1n) is 8.70. The number of nitro groups is 1. The van der Waals surface area contributed by atoms with Crippen molar-refractivity contribution >= 4 is 29.3 Å². The number of hydrogen-bond acceptors (Lipinski definition) is 6. The van der Waals surface area contributed by atoms with E-state index < -0.39 is 17.0 Å². The van der Waals surface area contributed by atoms with Gasteiger partial charge < -0.3 is 10.1 Å². The Morgan fingerprint density at radius 1 is 1.35 bits per heavy atom. The lowest BCUT2D eigenvalue weighted by molar-refractivity contribution is -0.387. The molecule has 0 radical (unpaired) electrons. The van der Waals surface area contributed by atoms with E-state index in [0.717, 1.165) is 25.0 Å². The summed E-state index contributed by atoms with van der Waals surface area (Å²) in [4.78, 5) is 35.4. The Labute approximate surface area is 157 Å². The van der Waals surface area contributed by atoms with Crippen LogP contribution in [0.3, 0.4) is 0 Å². The zero-order chi connectivity index (χ0) is 19.3. The second-order valence-electron chi connectivity index (χ2n) is 6.80. The molecule has 1 atom stereocenters. The number of carbonyl (C=O) groups is 2. The largest absolute Gasteiger partial charge is 0.449 e. The molecule has 1 saturated carbocycles. The Morgan fingerprint density at radius 3 is 2.62 bits per heavy atom. The Morgan fingerprint density at radius 2 is 2.04 bits per heavy atom. The third kappa shape index (κ3) is 6.01. The smallest absolute Gasteiger partial charge is 0.339 e. The standard InChI is InChI=1S/C18H24N2O5S/c1-11(2)8-9-26-16-7-4-13(10-15(16)20(23)24)18(22)25-12(3)17(21)19-14-5-6-14/h4,7,10-12,14H,5-6,8-9H2,1-3H3,(H,19,21)/t12-/m0/s1. The minimum atomic E-state index is -0.942. The summed E-state index contributed by atoms with van der Waals surface area (Å²) in [5.74, 6) is 0.182. The number of thioether (sulfide) groups is 1. The molecule has 0 aliphatic heterocycles. The van der Waals surface area contributed by atoms with Crippen LogP contribution in [0.15, 0.2) is 23.1 Å². The quantitative estimate of drug-likeness (QED) is 0.304. The fourth-order valence-electron chi connectivity index (χ4n) is 2.14. The minimum Gasteiger partial charge on any atom is -0.449 e. The Hall–Kier alpha value is -2.09. The average molecular weight is 380 g/mol. The van der Waals surface area contributed by atoms with Gasteiger partial charge in [0, 0.05) is 12.1 Å². The van der Waals surface area contributed by atoms with Gasteiger partial charge in [-0.2, -0.15) is 0 Å². The molecule has 0 saturated heterocycles. The molecule has 1 aliphatic rings. The van der Waals surface area contributed by atoms with Crippen LogP contribution in [0.5, 0.6) is 0 Å². The van der Waals surface area contributed by atoms with E-state index in [9.17, 15) is 19.7 Å². The van der Waals surface area contributed by atoms with E-state index in [4.69, 9.17) is 4.74 Å². The predicted octanol–water partition coefficient (Wildman–Crippen LogP) is 3.56. The van der Waals surface area contributed by atoms with Crippen LogP contribution in [-0.4, -0.2) is 34.7 Å². The third-order valence-electron chi connectivity index (χ3n) is 3.92. The number of ether oxygens (including phenoxy) is 1. The number of carbonyl (C=O) groups excluding carboxylic acids is 2. The van der Waals surface area contributed by atoms with Crippen molar-refractivity contribution in [1.29, 1.82) is 0 Å². The van der Waals surface area contributed by atoms with Crippen molar-refractivity contribution < 1.29 is 19.2 Å². The molecular formula is C18H24N2O5S. The topological polar surface area (TPSA) is 98.5 Å². The number of nitro benzene ring substituents is 1.